The Labute approximate surface area is 121 Å². The third-order valence-electron chi connectivity index (χ3n) is 3.50. The maximum Gasteiger partial charge on any atom is 0.197 e. The first kappa shape index (κ1) is 13.2. The van der Waals surface area contributed by atoms with E-state index in [2.05, 4.69) is 0 Å². The standard InChI is InChI=1S/C17H15NO3/c1-10-6-7-11(8-12(10)18)16-9-13(19)17-14(20-2)4-3-5-15(17)21-16/h3-9H,18H2,1-2H3. The van der Waals surface area contributed by atoms with Crippen molar-refractivity contribution in [3.05, 3.63) is 58.3 Å². The quantitative estimate of drug-likeness (QED) is 0.731. The fourth-order valence-corrected chi connectivity index (χ4v) is 2.28. The molecule has 2 N–H and O–H groups in total. The summed E-state index contributed by atoms with van der Waals surface area (Å²) in [6.07, 6.45) is 0. The minimum absolute atomic E-state index is 0.136. The molecule has 4 nitrogen and oxygen atoms in total. The summed E-state index contributed by atoms with van der Waals surface area (Å²) in [6.45, 7) is 1.93. The number of ether oxygens (including phenoxy) is 1. The second kappa shape index (κ2) is 4.98. The molecule has 4 heteroatoms. The SMILES string of the molecule is COc1cccc2oc(-c3ccc(C)c(N)c3)cc(=O)c12. The van der Waals surface area contributed by atoms with Crippen LogP contribution in [0.3, 0.4) is 0 Å². The van der Waals surface area contributed by atoms with E-state index in [1.807, 2.05) is 19.1 Å². The van der Waals surface area contributed by atoms with Crippen molar-refractivity contribution in [2.24, 2.45) is 0 Å². The van der Waals surface area contributed by atoms with E-state index < -0.39 is 0 Å². The molecule has 0 amide bonds. The lowest BCUT2D eigenvalue weighted by Gasteiger charge is -2.07. The Morgan fingerprint density at radius 2 is 1.95 bits per heavy atom. The van der Waals surface area contributed by atoms with E-state index in [4.69, 9.17) is 14.9 Å². The number of methoxy groups -OCH3 is 1. The fraction of sp³-hybridized carbons (Fsp3) is 0.118. The van der Waals surface area contributed by atoms with Gasteiger partial charge >= 0.3 is 0 Å². The Hall–Kier alpha value is -2.75. The molecule has 106 valence electrons. The number of rotatable bonds is 2. The smallest absolute Gasteiger partial charge is 0.197 e. The lowest BCUT2D eigenvalue weighted by Crippen LogP contribution is -2.02. The molecular weight excluding hydrogens is 266 g/mol. The Morgan fingerprint density at radius 3 is 2.67 bits per heavy atom. The van der Waals surface area contributed by atoms with E-state index in [9.17, 15) is 4.79 Å². The highest BCUT2D eigenvalue weighted by Gasteiger charge is 2.11. The highest BCUT2D eigenvalue weighted by molar-refractivity contribution is 5.85. The molecule has 2 aromatic carbocycles. The Kier molecular flexibility index (Phi) is 3.14. The summed E-state index contributed by atoms with van der Waals surface area (Å²) in [5, 5.41) is 0.448. The minimum Gasteiger partial charge on any atom is -0.496 e. The maximum atomic E-state index is 12.3. The first-order valence-electron chi connectivity index (χ1n) is 6.57. The molecule has 0 bridgehead atoms. The third kappa shape index (κ3) is 2.25. The summed E-state index contributed by atoms with van der Waals surface area (Å²) in [5.74, 6) is 1.00. The number of nitrogens with two attached hydrogens (primary N) is 1. The summed E-state index contributed by atoms with van der Waals surface area (Å²) >= 11 is 0. The van der Waals surface area contributed by atoms with Crippen molar-refractivity contribution in [1.29, 1.82) is 0 Å². The van der Waals surface area contributed by atoms with E-state index in [0.29, 0.717) is 28.2 Å². The van der Waals surface area contributed by atoms with Crippen molar-refractivity contribution in [1.82, 2.24) is 0 Å². The molecule has 0 spiro atoms. The maximum absolute atomic E-state index is 12.3. The van der Waals surface area contributed by atoms with Crippen LogP contribution in [-0.2, 0) is 0 Å². The van der Waals surface area contributed by atoms with Crippen molar-refractivity contribution in [3.63, 3.8) is 0 Å². The van der Waals surface area contributed by atoms with Gasteiger partial charge in [0.05, 0.1) is 7.11 Å². The largest absolute Gasteiger partial charge is 0.496 e. The van der Waals surface area contributed by atoms with Crippen LogP contribution in [0.2, 0.25) is 0 Å². The first-order valence-corrected chi connectivity index (χ1v) is 6.57. The molecule has 0 radical (unpaired) electrons. The van der Waals surface area contributed by atoms with Crippen molar-refractivity contribution in [2.45, 2.75) is 6.92 Å². The molecule has 0 saturated carbocycles. The van der Waals surface area contributed by atoms with Crippen LogP contribution >= 0.6 is 0 Å². The molecule has 3 rings (SSSR count). The molecule has 0 saturated heterocycles. The van der Waals surface area contributed by atoms with Crippen molar-refractivity contribution in [3.8, 4) is 17.1 Å². The number of nitrogen functional groups attached to an aromatic ring is 1. The van der Waals surface area contributed by atoms with Gasteiger partial charge in [-0.15, -0.1) is 0 Å². The minimum atomic E-state index is -0.136. The second-order valence-electron chi connectivity index (χ2n) is 4.88. The third-order valence-corrected chi connectivity index (χ3v) is 3.50. The number of fused-ring (bicyclic) bond motifs is 1. The molecule has 3 aromatic rings. The van der Waals surface area contributed by atoms with E-state index in [-0.39, 0.29) is 5.43 Å². The van der Waals surface area contributed by atoms with Gasteiger partial charge in [-0.05, 0) is 30.7 Å². The molecule has 0 atom stereocenters. The summed E-state index contributed by atoms with van der Waals surface area (Å²) in [4.78, 5) is 12.3. The summed E-state index contributed by atoms with van der Waals surface area (Å²) in [5.41, 5.74) is 8.71. The van der Waals surface area contributed by atoms with Crippen LogP contribution in [0.1, 0.15) is 5.56 Å². The molecule has 0 fully saturated rings. The van der Waals surface area contributed by atoms with Gasteiger partial charge in [0.25, 0.3) is 0 Å². The number of aryl methyl sites for hydroxylation is 1. The Morgan fingerprint density at radius 1 is 1.14 bits per heavy atom. The summed E-state index contributed by atoms with van der Waals surface area (Å²) in [6, 6.07) is 12.3. The van der Waals surface area contributed by atoms with Crippen molar-refractivity contribution in [2.75, 3.05) is 12.8 Å². The Bertz CT molecular complexity index is 881. The normalized spacial score (nSPS) is 10.8. The predicted octanol–water partition coefficient (Wildman–Crippen LogP) is 3.36. The van der Waals surface area contributed by atoms with Crippen molar-refractivity contribution < 1.29 is 9.15 Å². The van der Waals surface area contributed by atoms with E-state index >= 15 is 0 Å². The highest BCUT2D eigenvalue weighted by atomic mass is 16.5. The summed E-state index contributed by atoms with van der Waals surface area (Å²) < 4.78 is 11.0. The topological polar surface area (TPSA) is 65.5 Å². The summed E-state index contributed by atoms with van der Waals surface area (Å²) in [7, 11) is 1.53. The molecule has 21 heavy (non-hydrogen) atoms. The van der Waals surface area contributed by atoms with Crippen molar-refractivity contribution >= 4 is 16.7 Å². The van der Waals surface area contributed by atoms with E-state index in [0.717, 1.165) is 11.1 Å². The monoisotopic (exact) mass is 281 g/mol. The van der Waals surface area contributed by atoms with Crippen LogP contribution in [0.4, 0.5) is 5.69 Å². The van der Waals surface area contributed by atoms with Gasteiger partial charge in [0.2, 0.25) is 0 Å². The van der Waals surface area contributed by atoms with Gasteiger partial charge in [0.1, 0.15) is 22.5 Å². The lowest BCUT2D eigenvalue weighted by molar-refractivity contribution is 0.419. The lowest BCUT2D eigenvalue weighted by atomic mass is 10.1. The van der Waals surface area contributed by atoms with Crippen LogP contribution < -0.4 is 15.9 Å². The van der Waals surface area contributed by atoms with E-state index in [1.54, 1.807) is 24.3 Å². The van der Waals surface area contributed by atoms with Gasteiger partial charge in [-0.1, -0.05) is 18.2 Å². The van der Waals surface area contributed by atoms with Gasteiger partial charge < -0.3 is 14.9 Å². The van der Waals surface area contributed by atoms with Crippen LogP contribution in [0.5, 0.6) is 5.75 Å². The average Bonchev–Trinajstić information content (AvgIpc) is 2.49. The average molecular weight is 281 g/mol. The second-order valence-corrected chi connectivity index (χ2v) is 4.88. The Balaban J connectivity index is 2.26. The molecular formula is C17H15NO3. The van der Waals surface area contributed by atoms with Gasteiger partial charge in [0, 0.05) is 17.3 Å². The molecule has 0 aliphatic heterocycles. The van der Waals surface area contributed by atoms with E-state index in [1.165, 1.54) is 13.2 Å². The van der Waals surface area contributed by atoms with Crippen LogP contribution in [-0.4, -0.2) is 7.11 Å². The zero-order chi connectivity index (χ0) is 15.0. The number of benzene rings is 2. The fourth-order valence-electron chi connectivity index (χ4n) is 2.28. The number of hydrogen-bond donors (Lipinski definition) is 1. The van der Waals surface area contributed by atoms with Gasteiger partial charge in [0.15, 0.2) is 5.43 Å². The molecule has 0 unspecified atom stereocenters. The predicted molar refractivity (Wildman–Crippen MR) is 83.6 cm³/mol. The first-order chi connectivity index (χ1) is 10.1. The molecule has 1 heterocycles. The van der Waals surface area contributed by atoms with Crippen LogP contribution in [0.15, 0.2) is 51.7 Å². The van der Waals surface area contributed by atoms with Gasteiger partial charge in [-0.2, -0.15) is 0 Å². The zero-order valence-electron chi connectivity index (χ0n) is 11.8. The van der Waals surface area contributed by atoms with Crippen LogP contribution in [0, 0.1) is 6.92 Å². The number of hydrogen-bond acceptors (Lipinski definition) is 4. The molecule has 0 aliphatic rings. The number of anilines is 1. The van der Waals surface area contributed by atoms with Gasteiger partial charge in [-0.3, -0.25) is 4.79 Å². The van der Waals surface area contributed by atoms with Gasteiger partial charge in [-0.25, -0.2) is 0 Å². The molecule has 1 aromatic heterocycles. The molecule has 0 aliphatic carbocycles. The van der Waals surface area contributed by atoms with Crippen LogP contribution in [0.25, 0.3) is 22.3 Å². The highest BCUT2D eigenvalue weighted by Crippen LogP contribution is 2.28. The zero-order valence-corrected chi connectivity index (χ0v) is 11.8.